The Morgan fingerprint density at radius 3 is 1.59 bits per heavy atom. The Kier molecular flexibility index (Phi) is 19.2. The number of hydrogen-bond acceptors (Lipinski definition) is 11. The van der Waals surface area contributed by atoms with Gasteiger partial charge in [-0.2, -0.15) is 4.31 Å². The van der Waals surface area contributed by atoms with Crippen LogP contribution in [0.25, 0.3) is 22.3 Å². The Morgan fingerprint density at radius 1 is 0.602 bits per heavy atom. The highest BCUT2D eigenvalue weighted by Gasteiger charge is 2.41. The van der Waals surface area contributed by atoms with Crippen LogP contribution in [0.4, 0.5) is 8.78 Å². The molecule has 2 saturated heterocycles. The topological polar surface area (TPSA) is 176 Å². The molecule has 0 aromatic heterocycles. The summed E-state index contributed by atoms with van der Waals surface area (Å²) in [4.78, 5) is 40.4. The Balaban J connectivity index is 0.820. The average Bonchev–Trinajstić information content (AvgIpc) is 3.05. The van der Waals surface area contributed by atoms with Crippen LogP contribution in [0.3, 0.4) is 0 Å². The molecule has 4 fully saturated rings. The van der Waals surface area contributed by atoms with Crippen molar-refractivity contribution in [1.29, 1.82) is 0 Å². The van der Waals surface area contributed by atoms with Crippen LogP contribution < -0.4 is 20.1 Å². The summed E-state index contributed by atoms with van der Waals surface area (Å²) >= 11 is 0. The first-order chi connectivity index (χ1) is 39.9. The van der Waals surface area contributed by atoms with Gasteiger partial charge in [-0.25, -0.2) is 17.2 Å². The van der Waals surface area contributed by atoms with Crippen molar-refractivity contribution in [1.82, 2.24) is 19.0 Å². The van der Waals surface area contributed by atoms with Crippen LogP contribution in [0.1, 0.15) is 91.7 Å². The number of carbonyl (C=O) groups is 1. The van der Waals surface area contributed by atoms with E-state index in [4.69, 9.17) is 18.5 Å². The number of halogens is 2. The van der Waals surface area contributed by atoms with Gasteiger partial charge in [0.2, 0.25) is 15.9 Å². The van der Waals surface area contributed by atoms with Crippen molar-refractivity contribution in [2.75, 3.05) is 78.8 Å². The smallest absolute Gasteiger partial charge is 0.358 e. The van der Waals surface area contributed by atoms with E-state index in [9.17, 15) is 40.9 Å². The molecule has 0 bridgehead atoms. The minimum Gasteiger partial charge on any atom is -0.494 e. The maximum absolute atomic E-state index is 14.4. The molecular weight excluding hydrogens is 1120 g/mol. The summed E-state index contributed by atoms with van der Waals surface area (Å²) in [5.74, 6) is 1.52. The van der Waals surface area contributed by atoms with Gasteiger partial charge in [-0.05, 0) is 182 Å². The lowest BCUT2D eigenvalue weighted by atomic mass is 9.92. The third-order valence-electron chi connectivity index (χ3n) is 16.2. The van der Waals surface area contributed by atoms with Gasteiger partial charge in [-0.1, -0.05) is 48.5 Å². The Bertz CT molecular complexity index is 3450. The lowest BCUT2D eigenvalue weighted by Gasteiger charge is -2.35. The first-order valence-electron chi connectivity index (χ1n) is 28.8. The van der Waals surface area contributed by atoms with Crippen LogP contribution in [-0.2, 0) is 58.3 Å². The van der Waals surface area contributed by atoms with E-state index in [1.165, 1.54) is 46.3 Å². The molecule has 4 atom stereocenters. The molecule has 4 aliphatic rings. The standard InChI is InChI=1S/C63H74F2N4O11P2S/c1-4-77-61-40-59(48-15-19-53(65)20-16-48)60(38-51(61)42-67-28-32-69(33-29-67)83(75,76)43-45-9-23-55(24-10-45)82(73,74)80-6-3)57-36-49(57)25-34-78-62-39-58(47-13-17-52(64)18-14-47)56(46-11-12-46)37-50(62)41-66-26-30-68(31-27-66)63(70)35-44-7-21-54(22-8-44)81(71,72)79-5-2/h7-10,13-24,37-40,46,49,57H,4-6,11-12,25-36,41-43H2,1-3H3,(H,71,72)(H,73,74). The normalized spacial score (nSPS) is 19.5. The van der Waals surface area contributed by atoms with E-state index in [1.807, 2.05) is 24.0 Å². The van der Waals surface area contributed by atoms with Gasteiger partial charge >= 0.3 is 15.2 Å². The summed E-state index contributed by atoms with van der Waals surface area (Å²) in [6, 6.07) is 34.4. The molecule has 0 radical (unpaired) electrons. The van der Waals surface area contributed by atoms with Gasteiger partial charge < -0.3 is 33.2 Å². The SMILES string of the molecule is CCOc1cc(-c2ccc(F)cc2)c(C2CC2CCOc2cc(-c3ccc(F)cc3)c(C3CC3)cc2CN2CCN(C(=O)Cc3ccc(P(=O)(O)OCC)cc3)CC2)cc1CN1CCN(S(=O)(=O)Cc2ccc(P(=O)(O)OCC)cc2)CC1. The van der Waals surface area contributed by atoms with Crippen molar-refractivity contribution in [3.05, 3.63) is 166 Å². The van der Waals surface area contributed by atoms with E-state index in [-0.39, 0.29) is 59.5 Å². The highest BCUT2D eigenvalue weighted by atomic mass is 32.2. The first kappa shape index (κ1) is 60.5. The van der Waals surface area contributed by atoms with Gasteiger partial charge in [0, 0.05) is 76.6 Å². The van der Waals surface area contributed by atoms with Crippen LogP contribution in [0, 0.1) is 17.6 Å². The van der Waals surface area contributed by atoms with Crippen molar-refractivity contribution in [2.45, 2.75) is 83.6 Å². The van der Waals surface area contributed by atoms with E-state index in [2.05, 4.69) is 34.1 Å². The fourth-order valence-corrected chi connectivity index (χ4v) is 15.1. The van der Waals surface area contributed by atoms with Crippen molar-refractivity contribution >= 4 is 41.7 Å². The molecule has 6 aromatic rings. The molecule has 2 aliphatic heterocycles. The number of amides is 1. The molecule has 0 spiro atoms. The zero-order valence-electron chi connectivity index (χ0n) is 47.3. The van der Waals surface area contributed by atoms with E-state index in [0.717, 1.165) is 81.7 Å². The molecule has 10 rings (SSSR count). The molecule has 2 aliphatic carbocycles. The zero-order chi connectivity index (χ0) is 58.5. The summed E-state index contributed by atoms with van der Waals surface area (Å²) in [5.41, 5.74) is 9.52. The number of piperazine rings is 2. The highest BCUT2D eigenvalue weighted by molar-refractivity contribution is 7.88. The lowest BCUT2D eigenvalue weighted by molar-refractivity contribution is -0.132. The van der Waals surface area contributed by atoms with Gasteiger partial charge in [0.15, 0.2) is 0 Å². The van der Waals surface area contributed by atoms with Gasteiger partial charge in [0.05, 0.1) is 49.2 Å². The largest absolute Gasteiger partial charge is 0.494 e. The number of benzene rings is 6. The molecular formula is C63H74F2N4O11P2S. The van der Waals surface area contributed by atoms with Gasteiger partial charge in [-0.3, -0.25) is 23.7 Å². The second kappa shape index (κ2) is 26.3. The highest BCUT2D eigenvalue weighted by Crippen LogP contribution is 2.54. The van der Waals surface area contributed by atoms with Crippen molar-refractivity contribution in [3.63, 3.8) is 0 Å². The monoisotopic (exact) mass is 1190 g/mol. The number of ether oxygens (including phenoxy) is 2. The van der Waals surface area contributed by atoms with E-state index in [0.29, 0.717) is 96.1 Å². The summed E-state index contributed by atoms with van der Waals surface area (Å²) in [5, 5.41) is 0.300. The summed E-state index contributed by atoms with van der Waals surface area (Å²) < 4.78 is 106. The van der Waals surface area contributed by atoms with Crippen LogP contribution in [-0.4, -0.2) is 122 Å². The number of nitrogens with zero attached hydrogens (tertiary/aromatic N) is 4. The summed E-state index contributed by atoms with van der Waals surface area (Å²) in [6.07, 6.45) is 4.04. The van der Waals surface area contributed by atoms with Crippen LogP contribution in [0.2, 0.25) is 0 Å². The minimum atomic E-state index is -3.98. The van der Waals surface area contributed by atoms with Crippen LogP contribution in [0.15, 0.2) is 121 Å². The second-order valence-corrected chi connectivity index (χ2v) is 27.6. The third kappa shape index (κ3) is 15.1. The summed E-state index contributed by atoms with van der Waals surface area (Å²) in [6.45, 7) is 11.5. The maximum atomic E-state index is 14.4. The second-order valence-electron chi connectivity index (χ2n) is 22.0. The van der Waals surface area contributed by atoms with Crippen molar-refractivity contribution in [2.24, 2.45) is 5.92 Å². The number of rotatable bonds is 25. The molecule has 1 amide bonds. The Hall–Kier alpha value is -5.62. The van der Waals surface area contributed by atoms with Crippen molar-refractivity contribution < 1.29 is 59.4 Å². The molecule has 15 nitrogen and oxygen atoms in total. The molecule has 442 valence electrons. The van der Waals surface area contributed by atoms with Gasteiger partial charge in [0.25, 0.3) is 0 Å². The fourth-order valence-electron chi connectivity index (χ4n) is 11.5. The molecule has 2 heterocycles. The first-order valence-corrected chi connectivity index (χ1v) is 33.6. The Labute approximate surface area is 486 Å². The lowest BCUT2D eigenvalue weighted by Crippen LogP contribution is -2.48. The molecule has 2 saturated carbocycles. The Morgan fingerprint density at radius 2 is 1.08 bits per heavy atom. The number of carbonyl (C=O) groups excluding carboxylic acids is 1. The number of hydrogen-bond donors (Lipinski definition) is 2. The van der Waals surface area contributed by atoms with E-state index >= 15 is 0 Å². The van der Waals surface area contributed by atoms with Gasteiger partial charge in [-0.15, -0.1) is 0 Å². The molecule has 83 heavy (non-hydrogen) atoms. The molecule has 4 unspecified atom stereocenters. The van der Waals surface area contributed by atoms with Crippen LogP contribution >= 0.6 is 15.2 Å². The van der Waals surface area contributed by atoms with Gasteiger partial charge in [0.1, 0.15) is 23.1 Å². The fraction of sp³-hybridized carbons (Fsp3) is 0.413. The average molecular weight is 1200 g/mol. The predicted octanol–water partition coefficient (Wildman–Crippen LogP) is 10.4. The predicted molar refractivity (Wildman–Crippen MR) is 318 cm³/mol. The third-order valence-corrected chi connectivity index (χ3v) is 21.2. The summed E-state index contributed by atoms with van der Waals surface area (Å²) in [7, 11) is -11.6. The zero-order valence-corrected chi connectivity index (χ0v) is 49.9. The van der Waals surface area contributed by atoms with Crippen molar-refractivity contribution in [3.8, 4) is 33.8 Å². The number of sulfonamides is 1. The van der Waals surface area contributed by atoms with E-state index in [1.54, 1.807) is 62.4 Å². The molecule has 2 N–H and O–H groups in total. The molecule has 6 aromatic carbocycles. The van der Waals surface area contributed by atoms with Crippen LogP contribution in [0.5, 0.6) is 11.5 Å². The minimum absolute atomic E-state index is 0.00672. The molecule has 20 heteroatoms. The maximum Gasteiger partial charge on any atom is 0.358 e. The quantitative estimate of drug-likeness (QED) is 0.0519. The van der Waals surface area contributed by atoms with E-state index < -0.39 is 25.2 Å².